The lowest BCUT2D eigenvalue weighted by Gasteiger charge is -2.22. The zero-order valence-electron chi connectivity index (χ0n) is 17.0. The minimum absolute atomic E-state index is 0.0144. The Kier molecular flexibility index (Phi) is 9.58. The van der Waals surface area contributed by atoms with Crippen LogP contribution in [0.2, 0.25) is 10.0 Å². The fourth-order valence-electron chi connectivity index (χ4n) is 2.69. The molecular formula is C21H26Cl2N2O4S. The van der Waals surface area contributed by atoms with Crippen LogP contribution < -0.4 is 5.32 Å². The highest BCUT2D eigenvalue weighted by Crippen LogP contribution is 2.25. The number of hydrogen-bond donors (Lipinski definition) is 1. The van der Waals surface area contributed by atoms with Crippen molar-refractivity contribution in [2.45, 2.75) is 31.7 Å². The van der Waals surface area contributed by atoms with Crippen molar-refractivity contribution in [2.75, 3.05) is 26.3 Å². The largest absolute Gasteiger partial charge is 0.382 e. The SMILES string of the molecule is CCOCCCNC(=O)CN(Cc1ccc(Cl)c(Cl)c1)S(=O)(=O)c1ccc(C)cc1. The van der Waals surface area contributed by atoms with Crippen LogP contribution >= 0.6 is 23.2 Å². The molecule has 0 fully saturated rings. The fourth-order valence-corrected chi connectivity index (χ4v) is 4.39. The number of halogens is 2. The summed E-state index contributed by atoms with van der Waals surface area (Å²) >= 11 is 12.0. The average Bonchev–Trinajstić information content (AvgIpc) is 2.70. The zero-order chi connectivity index (χ0) is 22.1. The summed E-state index contributed by atoms with van der Waals surface area (Å²) in [5, 5.41) is 3.44. The van der Waals surface area contributed by atoms with E-state index in [1.54, 1.807) is 30.3 Å². The molecule has 30 heavy (non-hydrogen) atoms. The topological polar surface area (TPSA) is 75.7 Å². The maximum Gasteiger partial charge on any atom is 0.243 e. The Morgan fingerprint density at radius 3 is 2.43 bits per heavy atom. The standard InChI is InChI=1S/C21H26Cl2N2O4S/c1-3-29-12-4-11-24-21(26)15-25(14-17-7-10-19(22)20(23)13-17)30(27,28)18-8-5-16(2)6-9-18/h5-10,13H,3-4,11-12,14-15H2,1-2H3,(H,24,26). The van der Waals surface area contributed by atoms with Gasteiger partial charge in [-0.15, -0.1) is 0 Å². The summed E-state index contributed by atoms with van der Waals surface area (Å²) in [7, 11) is -3.90. The van der Waals surface area contributed by atoms with Gasteiger partial charge in [-0.1, -0.05) is 47.0 Å². The maximum absolute atomic E-state index is 13.2. The summed E-state index contributed by atoms with van der Waals surface area (Å²) in [5.74, 6) is -0.387. The quantitative estimate of drug-likeness (QED) is 0.500. The minimum Gasteiger partial charge on any atom is -0.382 e. The third-order valence-electron chi connectivity index (χ3n) is 4.31. The van der Waals surface area contributed by atoms with Gasteiger partial charge in [-0.05, 0) is 50.1 Å². The predicted octanol–water partition coefficient (Wildman–Crippen LogP) is 4.04. The highest BCUT2D eigenvalue weighted by molar-refractivity contribution is 7.89. The Morgan fingerprint density at radius 1 is 1.10 bits per heavy atom. The average molecular weight is 473 g/mol. The summed E-state index contributed by atoms with van der Waals surface area (Å²) < 4.78 is 32.8. The number of rotatable bonds is 11. The van der Waals surface area contributed by atoms with Crippen LogP contribution in [0.25, 0.3) is 0 Å². The van der Waals surface area contributed by atoms with Crippen molar-refractivity contribution in [3.05, 3.63) is 63.6 Å². The van der Waals surface area contributed by atoms with Crippen LogP contribution in [0.5, 0.6) is 0 Å². The van der Waals surface area contributed by atoms with Crippen molar-refractivity contribution >= 4 is 39.1 Å². The lowest BCUT2D eigenvalue weighted by atomic mass is 10.2. The van der Waals surface area contributed by atoms with Crippen molar-refractivity contribution in [1.29, 1.82) is 0 Å². The van der Waals surface area contributed by atoms with Gasteiger partial charge in [-0.3, -0.25) is 4.79 Å². The summed E-state index contributed by atoms with van der Waals surface area (Å²) in [6.07, 6.45) is 0.650. The van der Waals surface area contributed by atoms with Crippen molar-refractivity contribution in [2.24, 2.45) is 0 Å². The Hall–Kier alpha value is -1.64. The van der Waals surface area contributed by atoms with Crippen molar-refractivity contribution < 1.29 is 17.9 Å². The van der Waals surface area contributed by atoms with E-state index in [9.17, 15) is 13.2 Å². The van der Waals surface area contributed by atoms with E-state index >= 15 is 0 Å². The van der Waals surface area contributed by atoms with Gasteiger partial charge < -0.3 is 10.1 Å². The lowest BCUT2D eigenvalue weighted by molar-refractivity contribution is -0.121. The molecule has 6 nitrogen and oxygen atoms in total. The van der Waals surface area contributed by atoms with Crippen molar-refractivity contribution in [1.82, 2.24) is 9.62 Å². The Bertz CT molecular complexity index is 950. The van der Waals surface area contributed by atoms with Crippen LogP contribution in [0.15, 0.2) is 47.4 Å². The first-order chi connectivity index (χ1) is 14.2. The smallest absolute Gasteiger partial charge is 0.243 e. The Balaban J connectivity index is 2.19. The molecule has 1 N–H and O–H groups in total. The Morgan fingerprint density at radius 2 is 1.80 bits per heavy atom. The number of hydrogen-bond acceptors (Lipinski definition) is 4. The molecule has 0 heterocycles. The molecule has 1 amide bonds. The number of benzene rings is 2. The normalized spacial score (nSPS) is 11.6. The van der Waals surface area contributed by atoms with Crippen LogP contribution in [0.3, 0.4) is 0 Å². The summed E-state index contributed by atoms with van der Waals surface area (Å²) in [6, 6.07) is 11.4. The van der Waals surface area contributed by atoms with Gasteiger partial charge in [-0.25, -0.2) is 8.42 Å². The highest BCUT2D eigenvalue weighted by Gasteiger charge is 2.27. The molecule has 0 unspecified atom stereocenters. The highest BCUT2D eigenvalue weighted by atomic mass is 35.5. The van der Waals surface area contributed by atoms with E-state index in [4.69, 9.17) is 27.9 Å². The molecule has 0 aromatic heterocycles. The summed E-state index contributed by atoms with van der Waals surface area (Å²) in [5.41, 5.74) is 1.57. The molecule has 164 valence electrons. The molecule has 0 aliphatic rings. The molecule has 0 saturated heterocycles. The van der Waals surface area contributed by atoms with Gasteiger partial charge in [0.05, 0.1) is 21.5 Å². The third kappa shape index (κ3) is 7.25. The second-order valence-electron chi connectivity index (χ2n) is 6.74. The van der Waals surface area contributed by atoms with E-state index in [1.165, 1.54) is 12.1 Å². The van der Waals surface area contributed by atoms with E-state index in [0.717, 1.165) is 9.87 Å². The molecule has 0 radical (unpaired) electrons. The number of ether oxygens (including phenoxy) is 1. The van der Waals surface area contributed by atoms with Crippen molar-refractivity contribution in [3.63, 3.8) is 0 Å². The molecule has 2 aromatic carbocycles. The Labute approximate surface area is 188 Å². The lowest BCUT2D eigenvalue weighted by Crippen LogP contribution is -2.40. The second kappa shape index (κ2) is 11.7. The maximum atomic E-state index is 13.2. The van der Waals surface area contributed by atoms with Crippen LogP contribution in [0.1, 0.15) is 24.5 Å². The monoisotopic (exact) mass is 472 g/mol. The molecule has 0 spiro atoms. The summed E-state index contributed by atoms with van der Waals surface area (Å²) in [6.45, 7) is 5.00. The van der Waals surface area contributed by atoms with Gasteiger partial charge in [0.25, 0.3) is 0 Å². The van der Waals surface area contributed by atoms with Gasteiger partial charge in [0.1, 0.15) is 0 Å². The zero-order valence-corrected chi connectivity index (χ0v) is 19.4. The molecule has 0 atom stereocenters. The van der Waals surface area contributed by atoms with Crippen LogP contribution in [-0.2, 0) is 26.1 Å². The summed E-state index contributed by atoms with van der Waals surface area (Å²) in [4.78, 5) is 12.5. The molecule has 0 aliphatic heterocycles. The van der Waals surface area contributed by atoms with Gasteiger partial charge in [0.2, 0.25) is 15.9 Å². The first-order valence-electron chi connectivity index (χ1n) is 9.59. The van der Waals surface area contributed by atoms with Crippen molar-refractivity contribution in [3.8, 4) is 0 Å². The molecule has 2 aromatic rings. The van der Waals surface area contributed by atoms with Gasteiger partial charge in [0.15, 0.2) is 0 Å². The molecule has 0 saturated carbocycles. The van der Waals surface area contributed by atoms with E-state index in [1.807, 2.05) is 13.8 Å². The van der Waals surface area contributed by atoms with Crippen LogP contribution in [-0.4, -0.2) is 44.9 Å². The third-order valence-corrected chi connectivity index (χ3v) is 6.86. The molecular weight excluding hydrogens is 447 g/mol. The fraction of sp³-hybridized carbons (Fsp3) is 0.381. The van der Waals surface area contributed by atoms with Crippen LogP contribution in [0.4, 0.5) is 0 Å². The van der Waals surface area contributed by atoms with Gasteiger partial charge in [-0.2, -0.15) is 4.31 Å². The van der Waals surface area contributed by atoms with Gasteiger partial charge >= 0.3 is 0 Å². The molecule has 2 rings (SSSR count). The number of carbonyl (C=O) groups excluding carboxylic acids is 1. The molecule has 0 bridgehead atoms. The number of carbonyl (C=O) groups is 1. The number of sulfonamides is 1. The predicted molar refractivity (Wildman–Crippen MR) is 119 cm³/mol. The van der Waals surface area contributed by atoms with Crippen LogP contribution in [0, 0.1) is 6.92 Å². The minimum atomic E-state index is -3.90. The number of nitrogens with zero attached hydrogens (tertiary/aromatic N) is 1. The first kappa shape index (κ1) is 24.6. The molecule has 9 heteroatoms. The number of nitrogens with one attached hydrogen (secondary N) is 1. The van der Waals surface area contributed by atoms with Gasteiger partial charge in [0, 0.05) is 26.3 Å². The van der Waals surface area contributed by atoms with E-state index in [0.29, 0.717) is 41.8 Å². The van der Waals surface area contributed by atoms with E-state index < -0.39 is 10.0 Å². The molecule has 0 aliphatic carbocycles. The first-order valence-corrected chi connectivity index (χ1v) is 11.8. The second-order valence-corrected chi connectivity index (χ2v) is 9.49. The van der Waals surface area contributed by atoms with E-state index in [-0.39, 0.29) is 23.9 Å². The van der Waals surface area contributed by atoms with E-state index in [2.05, 4.69) is 5.32 Å². The number of amides is 1. The number of aryl methyl sites for hydroxylation is 1.